The molecule has 0 heterocycles. The Hall–Kier alpha value is -0.0900. The summed E-state index contributed by atoms with van der Waals surface area (Å²) in [5.74, 6) is 0. The predicted octanol–water partition coefficient (Wildman–Crippen LogP) is 4.24. The van der Waals surface area contributed by atoms with E-state index in [1.807, 2.05) is 6.07 Å². The fraction of sp³-hybridized carbons (Fsp3) is 0.600. The summed E-state index contributed by atoms with van der Waals surface area (Å²) >= 11 is 9.83. The summed E-state index contributed by atoms with van der Waals surface area (Å²) in [6, 6.07) is 7.33. The van der Waals surface area contributed by atoms with Gasteiger partial charge < -0.3 is 10.2 Å². The highest BCUT2D eigenvalue weighted by molar-refractivity contribution is 9.10. The maximum absolute atomic E-state index is 6.37. The molecule has 1 N–H and O–H groups in total. The molecule has 1 fully saturated rings. The minimum absolute atomic E-state index is 0.340. The lowest BCUT2D eigenvalue weighted by Crippen LogP contribution is -2.28. The second-order valence-electron chi connectivity index (χ2n) is 5.28. The molecule has 4 heteroatoms. The van der Waals surface area contributed by atoms with Crippen molar-refractivity contribution in [3.8, 4) is 0 Å². The van der Waals surface area contributed by atoms with Crippen molar-refractivity contribution in [2.45, 2.75) is 38.3 Å². The van der Waals surface area contributed by atoms with E-state index < -0.39 is 0 Å². The van der Waals surface area contributed by atoms with Gasteiger partial charge in [-0.15, -0.1) is 0 Å². The molecular formula is C15H22BrClN2. The molecule has 0 aliphatic heterocycles. The Kier molecular flexibility index (Phi) is 5.70. The Labute approximate surface area is 129 Å². The lowest BCUT2D eigenvalue weighted by molar-refractivity contribution is 0.299. The number of hydrogen-bond donors (Lipinski definition) is 1. The molecule has 2 nitrogen and oxygen atoms in total. The molecule has 1 atom stereocenters. The molecule has 0 amide bonds. The van der Waals surface area contributed by atoms with Gasteiger partial charge in [0.15, 0.2) is 0 Å². The van der Waals surface area contributed by atoms with Crippen LogP contribution in [0.5, 0.6) is 0 Å². The highest BCUT2D eigenvalue weighted by atomic mass is 79.9. The average molecular weight is 346 g/mol. The third-order valence-corrected chi connectivity index (χ3v) is 4.55. The fourth-order valence-electron chi connectivity index (χ4n) is 2.43. The average Bonchev–Trinajstić information content (AvgIpc) is 3.19. The second kappa shape index (κ2) is 7.07. The molecule has 1 saturated carbocycles. The minimum Gasteiger partial charge on any atom is -0.310 e. The summed E-state index contributed by atoms with van der Waals surface area (Å²) < 4.78 is 1.03. The van der Waals surface area contributed by atoms with Crippen molar-refractivity contribution in [2.75, 3.05) is 20.1 Å². The largest absolute Gasteiger partial charge is 0.310 e. The molecule has 0 bridgehead atoms. The van der Waals surface area contributed by atoms with E-state index in [0.717, 1.165) is 35.0 Å². The monoisotopic (exact) mass is 344 g/mol. The van der Waals surface area contributed by atoms with Gasteiger partial charge >= 0.3 is 0 Å². The number of halogens is 2. The standard InChI is InChI=1S/C15H22BrClN2/c1-3-18-15(8-9-19(2)12-5-6-12)13-7-4-11(16)10-14(13)17/h4,7,10,12,15,18H,3,5-6,8-9H2,1-2H3. The molecule has 19 heavy (non-hydrogen) atoms. The Bertz CT molecular complexity index is 421. The van der Waals surface area contributed by atoms with Gasteiger partial charge in [0.25, 0.3) is 0 Å². The Morgan fingerprint density at radius 1 is 1.47 bits per heavy atom. The van der Waals surface area contributed by atoms with E-state index in [4.69, 9.17) is 11.6 Å². The Balaban J connectivity index is 2.01. The zero-order valence-corrected chi connectivity index (χ0v) is 14.0. The van der Waals surface area contributed by atoms with Crippen molar-refractivity contribution < 1.29 is 0 Å². The van der Waals surface area contributed by atoms with E-state index >= 15 is 0 Å². The topological polar surface area (TPSA) is 15.3 Å². The van der Waals surface area contributed by atoms with Crippen LogP contribution in [0.4, 0.5) is 0 Å². The molecule has 1 aliphatic rings. The number of nitrogens with zero attached hydrogens (tertiary/aromatic N) is 1. The molecule has 0 aromatic heterocycles. The third-order valence-electron chi connectivity index (χ3n) is 3.73. The van der Waals surface area contributed by atoms with Crippen LogP contribution in [0.25, 0.3) is 0 Å². The maximum Gasteiger partial charge on any atom is 0.0465 e. The van der Waals surface area contributed by atoms with E-state index in [1.165, 1.54) is 18.4 Å². The van der Waals surface area contributed by atoms with Crippen LogP contribution in [0.15, 0.2) is 22.7 Å². The normalized spacial score (nSPS) is 16.9. The summed E-state index contributed by atoms with van der Waals surface area (Å²) in [7, 11) is 2.23. The molecular weight excluding hydrogens is 324 g/mol. The van der Waals surface area contributed by atoms with Crippen LogP contribution in [0.1, 0.15) is 37.8 Å². The quantitative estimate of drug-likeness (QED) is 0.795. The van der Waals surface area contributed by atoms with E-state index in [1.54, 1.807) is 0 Å². The van der Waals surface area contributed by atoms with Gasteiger partial charge in [0.1, 0.15) is 0 Å². The van der Waals surface area contributed by atoms with Gasteiger partial charge in [-0.3, -0.25) is 0 Å². The van der Waals surface area contributed by atoms with E-state index in [-0.39, 0.29) is 0 Å². The smallest absolute Gasteiger partial charge is 0.0465 e. The first-order chi connectivity index (χ1) is 9.11. The van der Waals surface area contributed by atoms with Crippen LogP contribution in [-0.2, 0) is 0 Å². The maximum atomic E-state index is 6.37. The van der Waals surface area contributed by atoms with Gasteiger partial charge in [0.2, 0.25) is 0 Å². The Morgan fingerprint density at radius 3 is 2.79 bits per heavy atom. The highest BCUT2D eigenvalue weighted by Gasteiger charge is 2.26. The van der Waals surface area contributed by atoms with E-state index in [0.29, 0.717) is 6.04 Å². The van der Waals surface area contributed by atoms with E-state index in [2.05, 4.69) is 52.3 Å². The first-order valence-electron chi connectivity index (χ1n) is 7.00. The zero-order valence-electron chi connectivity index (χ0n) is 11.6. The van der Waals surface area contributed by atoms with Crippen LogP contribution in [0, 0.1) is 0 Å². The molecule has 2 rings (SSSR count). The first kappa shape index (κ1) is 15.3. The number of hydrogen-bond acceptors (Lipinski definition) is 2. The number of nitrogens with one attached hydrogen (secondary N) is 1. The lowest BCUT2D eigenvalue weighted by atomic mass is 10.0. The number of benzene rings is 1. The highest BCUT2D eigenvalue weighted by Crippen LogP contribution is 2.30. The second-order valence-corrected chi connectivity index (χ2v) is 6.60. The van der Waals surface area contributed by atoms with Crippen molar-refractivity contribution in [3.63, 3.8) is 0 Å². The van der Waals surface area contributed by atoms with Gasteiger partial charge in [-0.2, -0.15) is 0 Å². The van der Waals surface area contributed by atoms with E-state index in [9.17, 15) is 0 Å². The van der Waals surface area contributed by atoms with Crippen LogP contribution < -0.4 is 5.32 Å². The van der Waals surface area contributed by atoms with Crippen LogP contribution in [0.2, 0.25) is 5.02 Å². The molecule has 1 aromatic carbocycles. The van der Waals surface area contributed by atoms with Crippen molar-refractivity contribution in [1.82, 2.24) is 10.2 Å². The molecule has 0 saturated heterocycles. The van der Waals surface area contributed by atoms with Crippen molar-refractivity contribution in [1.29, 1.82) is 0 Å². The first-order valence-corrected chi connectivity index (χ1v) is 8.17. The van der Waals surface area contributed by atoms with Crippen molar-refractivity contribution in [3.05, 3.63) is 33.3 Å². The minimum atomic E-state index is 0.340. The summed E-state index contributed by atoms with van der Waals surface area (Å²) in [5.41, 5.74) is 1.20. The van der Waals surface area contributed by atoms with Gasteiger partial charge in [-0.25, -0.2) is 0 Å². The molecule has 1 aliphatic carbocycles. The number of rotatable bonds is 7. The third kappa shape index (κ3) is 4.45. The van der Waals surface area contributed by atoms with Gasteiger partial charge in [-0.1, -0.05) is 40.5 Å². The summed E-state index contributed by atoms with van der Waals surface area (Å²) in [6.07, 6.45) is 3.82. The molecule has 1 aromatic rings. The van der Waals surface area contributed by atoms with Crippen LogP contribution >= 0.6 is 27.5 Å². The summed E-state index contributed by atoms with van der Waals surface area (Å²) in [4.78, 5) is 2.47. The SMILES string of the molecule is CCNC(CCN(C)C1CC1)c1ccc(Br)cc1Cl. The molecule has 0 radical (unpaired) electrons. The predicted molar refractivity (Wildman–Crippen MR) is 85.8 cm³/mol. The summed E-state index contributed by atoms with van der Waals surface area (Å²) in [6.45, 7) is 4.23. The van der Waals surface area contributed by atoms with Gasteiger partial charge in [0.05, 0.1) is 0 Å². The summed E-state index contributed by atoms with van der Waals surface area (Å²) in [5, 5.41) is 4.39. The van der Waals surface area contributed by atoms with Crippen LogP contribution in [0.3, 0.4) is 0 Å². The molecule has 106 valence electrons. The van der Waals surface area contributed by atoms with Gasteiger partial charge in [-0.05, 0) is 57.1 Å². The lowest BCUT2D eigenvalue weighted by Gasteiger charge is -2.23. The fourth-order valence-corrected chi connectivity index (χ4v) is 3.23. The Morgan fingerprint density at radius 2 is 2.21 bits per heavy atom. The zero-order chi connectivity index (χ0) is 13.8. The van der Waals surface area contributed by atoms with Crippen molar-refractivity contribution >= 4 is 27.5 Å². The van der Waals surface area contributed by atoms with Crippen LogP contribution in [-0.4, -0.2) is 31.1 Å². The molecule has 1 unspecified atom stereocenters. The molecule has 0 spiro atoms. The van der Waals surface area contributed by atoms with Crippen molar-refractivity contribution in [2.24, 2.45) is 0 Å². The van der Waals surface area contributed by atoms with Gasteiger partial charge in [0, 0.05) is 21.6 Å².